The van der Waals surface area contributed by atoms with Crippen molar-refractivity contribution >= 4 is 0 Å². The largest absolute Gasteiger partial charge is 0.497 e. The summed E-state index contributed by atoms with van der Waals surface area (Å²) in [7, 11) is 1.66. The van der Waals surface area contributed by atoms with E-state index < -0.39 is 0 Å². The summed E-state index contributed by atoms with van der Waals surface area (Å²) in [4.78, 5) is 28.6. The van der Waals surface area contributed by atoms with Crippen LogP contribution in [0.15, 0.2) is 64.2 Å². The lowest BCUT2D eigenvalue weighted by Gasteiger charge is -2.30. The number of rotatable bonds is 6. The van der Waals surface area contributed by atoms with Gasteiger partial charge in [0.1, 0.15) is 5.75 Å². The Kier molecular flexibility index (Phi) is 5.86. The highest BCUT2D eigenvalue weighted by Gasteiger charge is 2.25. The summed E-state index contributed by atoms with van der Waals surface area (Å²) in [5.41, 5.74) is 3.33. The first-order valence-electron chi connectivity index (χ1n) is 10.3. The van der Waals surface area contributed by atoms with Crippen molar-refractivity contribution in [1.82, 2.24) is 14.0 Å². The third-order valence-corrected chi connectivity index (χ3v) is 5.73. The quantitative estimate of drug-likeness (QED) is 0.633. The van der Waals surface area contributed by atoms with Crippen LogP contribution >= 0.6 is 0 Å². The molecule has 3 aromatic rings. The van der Waals surface area contributed by atoms with Crippen LogP contribution in [-0.4, -0.2) is 27.7 Å². The Bertz CT molecular complexity index is 1150. The van der Waals surface area contributed by atoms with Crippen LogP contribution in [0.2, 0.25) is 0 Å². The van der Waals surface area contributed by atoms with Gasteiger partial charge in [-0.05, 0) is 30.2 Å². The molecule has 0 aliphatic carbocycles. The molecular formula is C24H27N3O3. The van der Waals surface area contributed by atoms with Gasteiger partial charge < -0.3 is 4.74 Å². The van der Waals surface area contributed by atoms with E-state index in [4.69, 9.17) is 4.74 Å². The predicted molar refractivity (Wildman–Crippen MR) is 117 cm³/mol. The van der Waals surface area contributed by atoms with Gasteiger partial charge in [0, 0.05) is 38.3 Å². The summed E-state index contributed by atoms with van der Waals surface area (Å²) < 4.78 is 8.47. The van der Waals surface area contributed by atoms with Gasteiger partial charge in [-0.3, -0.25) is 18.8 Å². The second-order valence-corrected chi connectivity index (χ2v) is 7.64. The maximum atomic E-state index is 13.3. The van der Waals surface area contributed by atoms with Gasteiger partial charge in [0.15, 0.2) is 0 Å². The van der Waals surface area contributed by atoms with E-state index in [2.05, 4.69) is 11.0 Å². The molecule has 30 heavy (non-hydrogen) atoms. The zero-order valence-corrected chi connectivity index (χ0v) is 17.5. The van der Waals surface area contributed by atoms with Crippen LogP contribution in [0.5, 0.6) is 5.75 Å². The molecule has 2 heterocycles. The molecule has 0 amide bonds. The SMILES string of the molecule is CCn1c2c(c(=O)n(Cc3ccccc3)c1=O)CN(Cc1cccc(OC)c1)CC2. The molecule has 1 aliphatic heterocycles. The van der Waals surface area contributed by atoms with E-state index in [0.29, 0.717) is 26.1 Å². The number of nitrogens with zero attached hydrogens (tertiary/aromatic N) is 3. The second-order valence-electron chi connectivity index (χ2n) is 7.64. The van der Waals surface area contributed by atoms with Crippen molar-refractivity contribution in [3.8, 4) is 5.75 Å². The minimum atomic E-state index is -0.216. The molecule has 0 N–H and O–H groups in total. The third-order valence-electron chi connectivity index (χ3n) is 5.73. The highest BCUT2D eigenvalue weighted by Crippen LogP contribution is 2.20. The van der Waals surface area contributed by atoms with Gasteiger partial charge in [0.2, 0.25) is 0 Å². The third kappa shape index (κ3) is 3.96. The molecule has 0 spiro atoms. The first kappa shape index (κ1) is 20.2. The first-order chi connectivity index (χ1) is 14.6. The Hall–Kier alpha value is -3.12. The Morgan fingerprint density at radius 1 is 0.933 bits per heavy atom. The molecule has 0 saturated heterocycles. The van der Waals surface area contributed by atoms with Crippen molar-refractivity contribution in [2.75, 3.05) is 13.7 Å². The number of fused-ring (bicyclic) bond motifs is 1. The average Bonchev–Trinajstić information content (AvgIpc) is 2.78. The molecule has 2 aromatic carbocycles. The Morgan fingerprint density at radius 2 is 1.70 bits per heavy atom. The normalized spacial score (nSPS) is 13.8. The summed E-state index contributed by atoms with van der Waals surface area (Å²) >= 11 is 0. The van der Waals surface area contributed by atoms with E-state index in [1.54, 1.807) is 11.7 Å². The molecule has 0 unspecified atom stereocenters. The number of hydrogen-bond donors (Lipinski definition) is 0. The zero-order chi connectivity index (χ0) is 21.1. The lowest BCUT2D eigenvalue weighted by Crippen LogP contribution is -2.47. The molecule has 1 aliphatic rings. The first-order valence-corrected chi connectivity index (χ1v) is 10.3. The van der Waals surface area contributed by atoms with E-state index in [9.17, 15) is 9.59 Å². The molecule has 0 radical (unpaired) electrons. The summed E-state index contributed by atoms with van der Waals surface area (Å²) in [5, 5.41) is 0. The molecule has 156 valence electrons. The minimum Gasteiger partial charge on any atom is -0.497 e. The molecule has 6 heteroatoms. The van der Waals surface area contributed by atoms with Gasteiger partial charge in [-0.2, -0.15) is 0 Å². The van der Waals surface area contributed by atoms with E-state index in [1.165, 1.54) is 4.57 Å². The maximum Gasteiger partial charge on any atom is 0.331 e. The van der Waals surface area contributed by atoms with Crippen molar-refractivity contribution in [3.63, 3.8) is 0 Å². The summed E-state index contributed by atoms with van der Waals surface area (Å²) in [6, 6.07) is 17.7. The molecule has 0 bridgehead atoms. The highest BCUT2D eigenvalue weighted by molar-refractivity contribution is 5.29. The van der Waals surface area contributed by atoms with Crippen molar-refractivity contribution < 1.29 is 4.74 Å². The van der Waals surface area contributed by atoms with Gasteiger partial charge in [-0.25, -0.2) is 4.79 Å². The van der Waals surface area contributed by atoms with Crippen LogP contribution in [-0.2, 0) is 32.6 Å². The standard InChI is InChI=1S/C24H27N3O3/c1-3-26-22-12-13-25(15-19-10-7-11-20(14-19)30-2)17-21(22)23(28)27(24(26)29)16-18-8-5-4-6-9-18/h4-11,14H,3,12-13,15-17H2,1-2H3. The van der Waals surface area contributed by atoms with Crippen LogP contribution < -0.4 is 16.0 Å². The van der Waals surface area contributed by atoms with Crippen LogP contribution in [0.25, 0.3) is 0 Å². The van der Waals surface area contributed by atoms with Crippen molar-refractivity contribution in [2.24, 2.45) is 0 Å². The number of hydrogen-bond acceptors (Lipinski definition) is 4. The van der Waals surface area contributed by atoms with Crippen molar-refractivity contribution in [1.29, 1.82) is 0 Å². The smallest absolute Gasteiger partial charge is 0.331 e. The van der Waals surface area contributed by atoms with Crippen LogP contribution in [0, 0.1) is 0 Å². The van der Waals surface area contributed by atoms with Gasteiger partial charge in [-0.15, -0.1) is 0 Å². The van der Waals surface area contributed by atoms with Crippen LogP contribution in [0.1, 0.15) is 29.3 Å². The molecule has 6 nitrogen and oxygen atoms in total. The van der Waals surface area contributed by atoms with Gasteiger partial charge >= 0.3 is 5.69 Å². The van der Waals surface area contributed by atoms with Crippen LogP contribution in [0.3, 0.4) is 0 Å². The van der Waals surface area contributed by atoms with E-state index in [0.717, 1.165) is 41.2 Å². The number of benzene rings is 2. The zero-order valence-electron chi connectivity index (χ0n) is 17.5. The molecule has 1 aromatic heterocycles. The van der Waals surface area contributed by atoms with Crippen molar-refractivity contribution in [3.05, 3.63) is 97.8 Å². The van der Waals surface area contributed by atoms with Gasteiger partial charge in [0.05, 0.1) is 19.2 Å². The fraction of sp³-hybridized carbons (Fsp3) is 0.333. The predicted octanol–water partition coefficient (Wildman–Crippen LogP) is 2.65. The Morgan fingerprint density at radius 3 is 2.43 bits per heavy atom. The Balaban J connectivity index is 1.67. The molecule has 0 saturated carbocycles. The monoisotopic (exact) mass is 405 g/mol. The summed E-state index contributed by atoms with van der Waals surface area (Å²) in [6.07, 6.45) is 0.698. The molecule has 0 fully saturated rings. The maximum absolute atomic E-state index is 13.3. The average molecular weight is 405 g/mol. The summed E-state index contributed by atoms with van der Waals surface area (Å²) in [6.45, 7) is 4.90. The number of aromatic nitrogens is 2. The molecular weight excluding hydrogens is 378 g/mol. The van der Waals surface area contributed by atoms with E-state index in [1.807, 2.05) is 55.5 Å². The van der Waals surface area contributed by atoms with Gasteiger partial charge in [0.25, 0.3) is 5.56 Å². The molecule has 4 rings (SSSR count). The van der Waals surface area contributed by atoms with Crippen LogP contribution in [0.4, 0.5) is 0 Å². The van der Waals surface area contributed by atoms with E-state index >= 15 is 0 Å². The highest BCUT2D eigenvalue weighted by atomic mass is 16.5. The summed E-state index contributed by atoms with van der Waals surface area (Å²) in [5.74, 6) is 0.829. The number of ether oxygens (including phenoxy) is 1. The van der Waals surface area contributed by atoms with Gasteiger partial charge in [-0.1, -0.05) is 42.5 Å². The topological polar surface area (TPSA) is 56.5 Å². The lowest BCUT2D eigenvalue weighted by atomic mass is 10.0. The lowest BCUT2D eigenvalue weighted by molar-refractivity contribution is 0.236. The number of methoxy groups -OCH3 is 1. The second kappa shape index (κ2) is 8.71. The van der Waals surface area contributed by atoms with E-state index in [-0.39, 0.29) is 11.2 Å². The minimum absolute atomic E-state index is 0.168. The Labute approximate surface area is 176 Å². The van der Waals surface area contributed by atoms with Crippen molar-refractivity contribution in [2.45, 2.75) is 39.5 Å². The fourth-order valence-electron chi connectivity index (χ4n) is 4.20. The molecule has 0 atom stereocenters. The fourth-order valence-corrected chi connectivity index (χ4v) is 4.20.